The first-order chi connectivity index (χ1) is 15.8. The van der Waals surface area contributed by atoms with Gasteiger partial charge in [-0.15, -0.1) is 0 Å². The van der Waals surface area contributed by atoms with E-state index >= 15 is 0 Å². The number of carbonyl (C=O) groups is 1. The summed E-state index contributed by atoms with van der Waals surface area (Å²) in [6.45, 7) is 3.31. The Balaban J connectivity index is 1.15. The summed E-state index contributed by atoms with van der Waals surface area (Å²) in [5.74, 6) is 3.00. The lowest BCUT2D eigenvalue weighted by Gasteiger charge is -2.54. The lowest BCUT2D eigenvalue weighted by molar-refractivity contribution is -0.136. The summed E-state index contributed by atoms with van der Waals surface area (Å²) in [7, 11) is 0. The van der Waals surface area contributed by atoms with E-state index in [4.69, 9.17) is 4.42 Å². The van der Waals surface area contributed by atoms with Crippen LogP contribution in [0.3, 0.4) is 0 Å². The molecule has 2 aromatic rings. The van der Waals surface area contributed by atoms with Gasteiger partial charge >= 0.3 is 0 Å². The molecular formula is C27H33N3O2. The Bertz CT molecular complexity index is 997. The molecular weight excluding hydrogens is 398 g/mol. The number of hydrogen-bond donors (Lipinski definition) is 0. The fraction of sp³-hybridized carbons (Fsp3) is 0.556. The molecule has 4 heterocycles. The number of aromatic nitrogens is 1. The summed E-state index contributed by atoms with van der Waals surface area (Å²) < 4.78 is 5.94. The van der Waals surface area contributed by atoms with E-state index in [0.717, 1.165) is 30.3 Å². The molecule has 168 valence electrons. The van der Waals surface area contributed by atoms with Crippen LogP contribution in [-0.2, 0) is 11.2 Å². The first kappa shape index (κ1) is 20.2. The van der Waals surface area contributed by atoms with Crippen molar-refractivity contribution in [1.82, 2.24) is 14.8 Å². The normalized spacial score (nSPS) is 29.8. The molecule has 2 bridgehead atoms. The van der Waals surface area contributed by atoms with E-state index in [2.05, 4.69) is 20.9 Å². The fourth-order valence-electron chi connectivity index (χ4n) is 6.77. The summed E-state index contributed by atoms with van der Waals surface area (Å²) in [6, 6.07) is 11.1. The highest BCUT2D eigenvalue weighted by Crippen LogP contribution is 2.45. The zero-order valence-corrected chi connectivity index (χ0v) is 18.8. The zero-order valence-electron chi connectivity index (χ0n) is 18.8. The molecule has 1 aliphatic carbocycles. The number of fused-ring (bicyclic) bond motifs is 6. The third-order valence-corrected chi connectivity index (χ3v) is 8.14. The topological polar surface area (TPSA) is 49.6 Å². The second-order valence-corrected chi connectivity index (χ2v) is 10.1. The Labute approximate surface area is 190 Å². The number of hydrogen-bond acceptors (Lipinski definition) is 4. The highest BCUT2D eigenvalue weighted by molar-refractivity contribution is 5.77. The van der Waals surface area contributed by atoms with Crippen LogP contribution in [0.25, 0.3) is 11.3 Å². The monoisotopic (exact) mass is 431 g/mol. The summed E-state index contributed by atoms with van der Waals surface area (Å²) in [5, 5.41) is 0. The second kappa shape index (κ2) is 8.51. The molecule has 4 aliphatic rings. The van der Waals surface area contributed by atoms with Crippen LogP contribution in [-0.4, -0.2) is 52.4 Å². The fourth-order valence-corrected chi connectivity index (χ4v) is 6.77. The van der Waals surface area contributed by atoms with Crippen LogP contribution < -0.4 is 0 Å². The van der Waals surface area contributed by atoms with Crippen molar-refractivity contribution < 1.29 is 9.21 Å². The van der Waals surface area contributed by atoms with E-state index in [-0.39, 0.29) is 5.91 Å². The van der Waals surface area contributed by atoms with Crippen LogP contribution in [0.4, 0.5) is 0 Å². The van der Waals surface area contributed by atoms with Crippen molar-refractivity contribution in [3.05, 3.63) is 54.1 Å². The van der Waals surface area contributed by atoms with E-state index in [1.54, 1.807) is 11.8 Å². The van der Waals surface area contributed by atoms with E-state index in [1.807, 2.05) is 30.3 Å². The highest BCUT2D eigenvalue weighted by Gasteiger charge is 2.46. The van der Waals surface area contributed by atoms with Gasteiger partial charge in [-0.2, -0.15) is 0 Å². The van der Waals surface area contributed by atoms with E-state index < -0.39 is 0 Å². The number of rotatable bonds is 4. The van der Waals surface area contributed by atoms with Gasteiger partial charge in [0.05, 0.1) is 12.2 Å². The Morgan fingerprint density at radius 1 is 1.12 bits per heavy atom. The van der Waals surface area contributed by atoms with Gasteiger partial charge in [0, 0.05) is 37.5 Å². The maximum absolute atomic E-state index is 13.4. The Kier molecular flexibility index (Phi) is 5.38. The predicted octanol–water partition coefficient (Wildman–Crippen LogP) is 4.70. The minimum absolute atomic E-state index is 0.263. The number of aryl methyl sites for hydroxylation is 1. The van der Waals surface area contributed by atoms with Crippen LogP contribution in [0, 0.1) is 11.8 Å². The molecule has 3 saturated heterocycles. The van der Waals surface area contributed by atoms with Gasteiger partial charge in [-0.1, -0.05) is 48.4 Å². The van der Waals surface area contributed by atoms with Crippen molar-refractivity contribution in [2.45, 2.75) is 63.5 Å². The lowest BCUT2D eigenvalue weighted by Crippen LogP contribution is -2.60. The van der Waals surface area contributed by atoms with E-state index in [9.17, 15) is 4.79 Å². The van der Waals surface area contributed by atoms with Crippen LogP contribution in [0.1, 0.15) is 50.8 Å². The Morgan fingerprint density at radius 3 is 2.94 bits per heavy atom. The molecule has 6 rings (SSSR count). The minimum atomic E-state index is 0.263. The molecule has 1 aromatic heterocycles. The van der Waals surface area contributed by atoms with Gasteiger partial charge in [-0.25, -0.2) is 4.98 Å². The van der Waals surface area contributed by atoms with Gasteiger partial charge < -0.3 is 9.32 Å². The molecule has 0 N–H and O–H groups in total. The third-order valence-electron chi connectivity index (χ3n) is 8.14. The molecule has 2 unspecified atom stereocenters. The van der Waals surface area contributed by atoms with Gasteiger partial charge in [0.1, 0.15) is 0 Å². The molecule has 3 fully saturated rings. The van der Waals surface area contributed by atoms with Crippen molar-refractivity contribution >= 4 is 5.91 Å². The zero-order chi connectivity index (χ0) is 21.5. The molecule has 5 heteroatoms. The van der Waals surface area contributed by atoms with Crippen LogP contribution in [0.5, 0.6) is 0 Å². The van der Waals surface area contributed by atoms with Crippen molar-refractivity contribution in [2.24, 2.45) is 11.8 Å². The van der Waals surface area contributed by atoms with Gasteiger partial charge in [-0.05, 0) is 50.5 Å². The van der Waals surface area contributed by atoms with E-state index in [0.29, 0.717) is 36.6 Å². The summed E-state index contributed by atoms with van der Waals surface area (Å²) >= 11 is 0. The van der Waals surface area contributed by atoms with Crippen molar-refractivity contribution in [1.29, 1.82) is 0 Å². The number of amides is 1. The van der Waals surface area contributed by atoms with Crippen molar-refractivity contribution in [2.75, 3.05) is 19.6 Å². The number of likely N-dealkylation sites (tertiary alicyclic amines) is 1. The predicted molar refractivity (Wildman–Crippen MR) is 124 cm³/mol. The molecule has 3 aliphatic heterocycles. The molecule has 0 spiro atoms. The first-order valence-corrected chi connectivity index (χ1v) is 12.5. The van der Waals surface area contributed by atoms with Gasteiger partial charge in [0.2, 0.25) is 5.91 Å². The number of piperidine rings is 3. The molecule has 0 saturated carbocycles. The largest absolute Gasteiger partial charge is 0.441 e. The van der Waals surface area contributed by atoms with Crippen LogP contribution >= 0.6 is 0 Å². The van der Waals surface area contributed by atoms with Crippen LogP contribution in [0.15, 0.2) is 52.6 Å². The average Bonchev–Trinajstić information content (AvgIpc) is 3.32. The van der Waals surface area contributed by atoms with Crippen molar-refractivity contribution in [3.8, 4) is 11.3 Å². The highest BCUT2D eigenvalue weighted by atomic mass is 16.4. The molecule has 4 atom stereocenters. The molecule has 32 heavy (non-hydrogen) atoms. The number of oxazole rings is 1. The van der Waals surface area contributed by atoms with Gasteiger partial charge in [0.15, 0.2) is 11.7 Å². The second-order valence-electron chi connectivity index (χ2n) is 10.1. The molecule has 0 radical (unpaired) electrons. The smallest absolute Gasteiger partial charge is 0.223 e. The average molecular weight is 432 g/mol. The van der Waals surface area contributed by atoms with Crippen LogP contribution in [0.2, 0.25) is 0 Å². The van der Waals surface area contributed by atoms with Gasteiger partial charge in [0.25, 0.3) is 0 Å². The van der Waals surface area contributed by atoms with Gasteiger partial charge in [-0.3, -0.25) is 9.69 Å². The Morgan fingerprint density at radius 2 is 2.03 bits per heavy atom. The minimum Gasteiger partial charge on any atom is -0.441 e. The molecule has 5 nitrogen and oxygen atoms in total. The van der Waals surface area contributed by atoms with Crippen molar-refractivity contribution in [3.63, 3.8) is 0 Å². The summed E-state index contributed by atoms with van der Waals surface area (Å²) in [4.78, 5) is 22.7. The summed E-state index contributed by atoms with van der Waals surface area (Å²) in [5.41, 5.74) is 2.58. The maximum atomic E-state index is 13.4. The molecule has 1 amide bonds. The standard InChI is InChI=1S/C27H33N3O2/c31-26(12-11-25-28-17-24(32-25)19-7-2-1-3-8-19)30-14-6-9-20-15-21-16-22(27(20)30)18-29-13-5-4-10-23(21)29/h1-3,7-8,15,17,21-23,27H,4-6,9-14,16,18H2/t21?,22?,23-,27-/m1/s1. The number of nitrogens with zero attached hydrogens (tertiary/aromatic N) is 3. The molecule has 1 aromatic carbocycles. The third kappa shape index (κ3) is 3.71. The SMILES string of the molecule is O=C(CCc1ncc(-c2ccccc2)o1)N1CCCC2=CC3CC(CN4CCCC[C@H]34)[C@@H]21. The number of carbonyl (C=O) groups excluding carboxylic acids is 1. The summed E-state index contributed by atoms with van der Waals surface area (Å²) in [6.07, 6.45) is 13.0. The Hall–Kier alpha value is -2.40. The number of benzene rings is 1. The maximum Gasteiger partial charge on any atom is 0.223 e. The lowest BCUT2D eigenvalue weighted by atomic mass is 9.68. The van der Waals surface area contributed by atoms with E-state index in [1.165, 1.54) is 45.2 Å². The first-order valence-electron chi connectivity index (χ1n) is 12.5. The quantitative estimate of drug-likeness (QED) is 0.659.